The molecule has 2 aromatic rings. The van der Waals surface area contributed by atoms with Crippen LogP contribution in [-0.4, -0.2) is 26.7 Å². The van der Waals surface area contributed by atoms with E-state index in [0.29, 0.717) is 0 Å². The number of hydrogen-bond acceptors (Lipinski definition) is 4. The van der Waals surface area contributed by atoms with E-state index in [0.717, 1.165) is 17.1 Å². The van der Waals surface area contributed by atoms with Gasteiger partial charge < -0.3 is 15.0 Å². The molecule has 4 heteroatoms. The Morgan fingerprint density at radius 2 is 1.75 bits per heavy atom. The molecule has 0 spiro atoms. The molecule has 0 heterocycles. The van der Waals surface area contributed by atoms with Crippen LogP contribution in [0.3, 0.4) is 0 Å². The van der Waals surface area contributed by atoms with Gasteiger partial charge in [0.15, 0.2) is 0 Å². The van der Waals surface area contributed by atoms with E-state index in [2.05, 4.69) is 15.0 Å². The second-order valence-electron chi connectivity index (χ2n) is 4.34. The maximum Gasteiger partial charge on any atom is 0.325 e. The molecule has 2 aromatic carbocycles. The number of methoxy groups -OCH3 is 1. The Kier molecular flexibility index (Phi) is 4.60. The lowest BCUT2D eigenvalue weighted by Gasteiger charge is -2.22. The van der Waals surface area contributed by atoms with Crippen LogP contribution in [-0.2, 0) is 9.53 Å². The van der Waals surface area contributed by atoms with E-state index in [1.807, 2.05) is 61.6 Å². The van der Waals surface area contributed by atoms with Crippen molar-refractivity contribution in [3.05, 3.63) is 54.6 Å². The van der Waals surface area contributed by atoms with Crippen LogP contribution in [0.4, 0.5) is 17.1 Å². The summed E-state index contributed by atoms with van der Waals surface area (Å²) in [5, 5.41) is 3.10. The molecule has 20 heavy (non-hydrogen) atoms. The van der Waals surface area contributed by atoms with Crippen molar-refractivity contribution < 1.29 is 9.53 Å². The molecule has 0 amide bonds. The van der Waals surface area contributed by atoms with Crippen molar-refractivity contribution in [3.63, 3.8) is 0 Å². The summed E-state index contributed by atoms with van der Waals surface area (Å²) in [6, 6.07) is 17.9. The molecule has 0 unspecified atom stereocenters. The second kappa shape index (κ2) is 6.61. The molecule has 0 fully saturated rings. The Labute approximate surface area is 119 Å². The Morgan fingerprint density at radius 3 is 2.45 bits per heavy atom. The molecule has 0 aliphatic carbocycles. The summed E-state index contributed by atoms with van der Waals surface area (Å²) >= 11 is 0. The van der Waals surface area contributed by atoms with Gasteiger partial charge in [0.1, 0.15) is 6.54 Å². The van der Waals surface area contributed by atoms with E-state index in [-0.39, 0.29) is 12.5 Å². The SMILES string of the molecule is COC(=O)CNc1ccccc1N(C)c1ccccc1. The van der Waals surface area contributed by atoms with Gasteiger partial charge in [0.05, 0.1) is 18.5 Å². The first kappa shape index (κ1) is 13.9. The Balaban J connectivity index is 2.21. The van der Waals surface area contributed by atoms with Crippen molar-refractivity contribution in [1.82, 2.24) is 0 Å². The van der Waals surface area contributed by atoms with E-state index in [4.69, 9.17) is 0 Å². The third kappa shape index (κ3) is 3.29. The molecule has 0 saturated heterocycles. The number of benzene rings is 2. The number of nitrogens with zero attached hydrogens (tertiary/aromatic N) is 1. The number of para-hydroxylation sites is 3. The predicted octanol–water partition coefficient (Wildman–Crippen LogP) is 3.04. The molecular formula is C16H18N2O2. The van der Waals surface area contributed by atoms with Crippen molar-refractivity contribution in [1.29, 1.82) is 0 Å². The minimum Gasteiger partial charge on any atom is -0.468 e. The molecule has 0 radical (unpaired) electrons. The number of hydrogen-bond donors (Lipinski definition) is 1. The van der Waals surface area contributed by atoms with Crippen molar-refractivity contribution in [3.8, 4) is 0 Å². The van der Waals surface area contributed by atoms with Crippen LogP contribution in [0.25, 0.3) is 0 Å². The van der Waals surface area contributed by atoms with Crippen molar-refractivity contribution in [2.75, 3.05) is 30.9 Å². The Morgan fingerprint density at radius 1 is 1.10 bits per heavy atom. The number of esters is 1. The number of carbonyl (C=O) groups is 1. The second-order valence-corrected chi connectivity index (χ2v) is 4.34. The summed E-state index contributed by atoms with van der Waals surface area (Å²) in [6.45, 7) is 0.149. The molecule has 0 bridgehead atoms. The lowest BCUT2D eigenvalue weighted by atomic mass is 10.2. The van der Waals surface area contributed by atoms with Crippen LogP contribution < -0.4 is 10.2 Å². The van der Waals surface area contributed by atoms with Gasteiger partial charge in [-0.05, 0) is 24.3 Å². The highest BCUT2D eigenvalue weighted by atomic mass is 16.5. The zero-order chi connectivity index (χ0) is 14.4. The lowest BCUT2D eigenvalue weighted by molar-refractivity contribution is -0.138. The fraction of sp³-hybridized carbons (Fsp3) is 0.188. The van der Waals surface area contributed by atoms with Crippen LogP contribution in [0.15, 0.2) is 54.6 Å². The van der Waals surface area contributed by atoms with Gasteiger partial charge in [0, 0.05) is 12.7 Å². The molecule has 0 atom stereocenters. The van der Waals surface area contributed by atoms with E-state index in [1.54, 1.807) is 0 Å². The van der Waals surface area contributed by atoms with Gasteiger partial charge in [-0.15, -0.1) is 0 Å². The summed E-state index contributed by atoms with van der Waals surface area (Å²) < 4.78 is 4.64. The lowest BCUT2D eigenvalue weighted by Crippen LogP contribution is -2.17. The number of rotatable bonds is 5. The highest BCUT2D eigenvalue weighted by Gasteiger charge is 2.09. The molecule has 0 saturated carbocycles. The van der Waals surface area contributed by atoms with Crippen LogP contribution in [0.5, 0.6) is 0 Å². The summed E-state index contributed by atoms with van der Waals surface area (Å²) in [7, 11) is 3.38. The summed E-state index contributed by atoms with van der Waals surface area (Å²) in [6.07, 6.45) is 0. The van der Waals surface area contributed by atoms with E-state index in [9.17, 15) is 4.79 Å². The molecule has 0 aliphatic rings. The van der Waals surface area contributed by atoms with E-state index in [1.165, 1.54) is 7.11 Å². The zero-order valence-electron chi connectivity index (χ0n) is 11.7. The average Bonchev–Trinajstić information content (AvgIpc) is 2.53. The highest BCUT2D eigenvalue weighted by molar-refractivity contribution is 5.80. The van der Waals surface area contributed by atoms with Gasteiger partial charge in [-0.3, -0.25) is 4.79 Å². The van der Waals surface area contributed by atoms with Gasteiger partial charge >= 0.3 is 5.97 Å². The first-order chi connectivity index (χ1) is 9.72. The fourth-order valence-electron chi connectivity index (χ4n) is 1.95. The summed E-state index contributed by atoms with van der Waals surface area (Å²) in [5.74, 6) is -0.290. The van der Waals surface area contributed by atoms with Crippen LogP contribution in [0.2, 0.25) is 0 Å². The van der Waals surface area contributed by atoms with Gasteiger partial charge in [-0.25, -0.2) is 0 Å². The molecule has 4 nitrogen and oxygen atoms in total. The zero-order valence-corrected chi connectivity index (χ0v) is 11.7. The first-order valence-corrected chi connectivity index (χ1v) is 6.41. The van der Waals surface area contributed by atoms with Gasteiger partial charge in [0.25, 0.3) is 0 Å². The molecular weight excluding hydrogens is 252 g/mol. The number of carbonyl (C=O) groups excluding carboxylic acids is 1. The molecule has 1 N–H and O–H groups in total. The Bertz CT molecular complexity index is 570. The molecule has 0 aliphatic heterocycles. The van der Waals surface area contributed by atoms with Gasteiger partial charge in [-0.2, -0.15) is 0 Å². The fourth-order valence-corrected chi connectivity index (χ4v) is 1.95. The number of anilines is 3. The van der Waals surface area contributed by atoms with E-state index < -0.39 is 0 Å². The average molecular weight is 270 g/mol. The monoisotopic (exact) mass is 270 g/mol. The third-order valence-corrected chi connectivity index (χ3v) is 3.06. The minimum atomic E-state index is -0.290. The molecule has 0 aromatic heterocycles. The number of nitrogens with one attached hydrogen (secondary N) is 1. The first-order valence-electron chi connectivity index (χ1n) is 6.41. The summed E-state index contributed by atoms with van der Waals surface area (Å²) in [4.78, 5) is 13.3. The van der Waals surface area contributed by atoms with Gasteiger partial charge in [-0.1, -0.05) is 30.3 Å². The maximum absolute atomic E-state index is 11.2. The standard InChI is InChI=1S/C16H18N2O2/c1-18(13-8-4-3-5-9-13)15-11-7-6-10-14(15)17-12-16(19)20-2/h3-11,17H,12H2,1-2H3. The van der Waals surface area contributed by atoms with E-state index >= 15 is 0 Å². The van der Waals surface area contributed by atoms with Crippen molar-refractivity contribution >= 4 is 23.0 Å². The molecule has 2 rings (SSSR count). The topological polar surface area (TPSA) is 41.6 Å². The van der Waals surface area contributed by atoms with Crippen molar-refractivity contribution in [2.45, 2.75) is 0 Å². The normalized spacial score (nSPS) is 9.90. The van der Waals surface area contributed by atoms with Crippen LogP contribution >= 0.6 is 0 Å². The summed E-state index contributed by atoms with van der Waals surface area (Å²) in [5.41, 5.74) is 2.98. The minimum absolute atomic E-state index is 0.149. The predicted molar refractivity (Wildman–Crippen MR) is 81.5 cm³/mol. The van der Waals surface area contributed by atoms with Crippen LogP contribution in [0, 0.1) is 0 Å². The molecule has 104 valence electrons. The smallest absolute Gasteiger partial charge is 0.325 e. The van der Waals surface area contributed by atoms with Gasteiger partial charge in [0.2, 0.25) is 0 Å². The quantitative estimate of drug-likeness (QED) is 0.848. The maximum atomic E-state index is 11.2. The van der Waals surface area contributed by atoms with Crippen molar-refractivity contribution in [2.24, 2.45) is 0 Å². The third-order valence-electron chi connectivity index (χ3n) is 3.06. The Hall–Kier alpha value is -2.49. The largest absolute Gasteiger partial charge is 0.468 e. The highest BCUT2D eigenvalue weighted by Crippen LogP contribution is 2.30. The number of ether oxygens (including phenoxy) is 1. The van der Waals surface area contributed by atoms with Crippen LogP contribution in [0.1, 0.15) is 0 Å².